The molecule has 8 nitrogen and oxygen atoms in total. The van der Waals surface area contributed by atoms with Gasteiger partial charge in [0, 0.05) is 19.3 Å². The van der Waals surface area contributed by atoms with Crippen LogP contribution in [0.5, 0.6) is 0 Å². The maximum absolute atomic E-state index is 12.1. The molecule has 0 aliphatic carbocycles. The molecule has 2 amide bonds. The molecule has 0 bridgehead atoms. The molecule has 0 heterocycles. The number of ether oxygens (including phenoxy) is 1. The number of hydrogen-bond donors (Lipinski definition) is 3. The second kappa shape index (κ2) is 34.4. The summed E-state index contributed by atoms with van der Waals surface area (Å²) in [5.74, 6) is -2.16. The van der Waals surface area contributed by atoms with Crippen LogP contribution in [0.25, 0.3) is 0 Å². The first kappa shape index (κ1) is 45.6. The molecule has 0 fully saturated rings. The SMILES string of the molecule is CCCCCC=CCC=CCCCCCCCC(=O)OC(C)C=CCC=CCC=CCCCCCCCC(=O)N[C@@H](CCC(N)=O)C(=O)O. The van der Waals surface area contributed by atoms with Crippen molar-refractivity contribution >= 4 is 23.8 Å². The minimum atomic E-state index is -1.16. The number of esters is 1. The third-order valence-electron chi connectivity index (χ3n) is 8.02. The third kappa shape index (κ3) is 34.2. The lowest BCUT2D eigenvalue weighted by atomic mass is 10.1. The van der Waals surface area contributed by atoms with Gasteiger partial charge in [0.25, 0.3) is 0 Å². The van der Waals surface area contributed by atoms with E-state index in [9.17, 15) is 19.2 Å². The van der Waals surface area contributed by atoms with E-state index >= 15 is 0 Å². The van der Waals surface area contributed by atoms with Gasteiger partial charge in [-0.25, -0.2) is 4.79 Å². The first-order chi connectivity index (χ1) is 23.8. The fraction of sp³-hybridized carbons (Fsp3) is 0.659. The molecule has 0 saturated carbocycles. The van der Waals surface area contributed by atoms with Gasteiger partial charge in [-0.3, -0.25) is 14.4 Å². The van der Waals surface area contributed by atoms with Crippen LogP contribution in [0.3, 0.4) is 0 Å². The highest BCUT2D eigenvalue weighted by Crippen LogP contribution is 2.11. The molecule has 0 aliphatic heterocycles. The molecule has 0 aromatic rings. The van der Waals surface area contributed by atoms with Crippen LogP contribution in [0.15, 0.2) is 60.8 Å². The Labute approximate surface area is 297 Å². The minimum absolute atomic E-state index is 0.00628. The molecular weight excluding hydrogens is 616 g/mol. The van der Waals surface area contributed by atoms with E-state index < -0.39 is 17.9 Å². The van der Waals surface area contributed by atoms with E-state index in [0.29, 0.717) is 12.8 Å². The molecule has 2 atom stereocenters. The van der Waals surface area contributed by atoms with E-state index in [1.807, 2.05) is 19.1 Å². The highest BCUT2D eigenvalue weighted by Gasteiger charge is 2.20. The van der Waals surface area contributed by atoms with Crippen molar-refractivity contribution in [2.24, 2.45) is 5.73 Å². The highest BCUT2D eigenvalue weighted by molar-refractivity contribution is 5.84. The van der Waals surface area contributed by atoms with Crippen LogP contribution >= 0.6 is 0 Å². The fourth-order valence-electron chi connectivity index (χ4n) is 5.11. The number of nitrogens with two attached hydrogens (primary N) is 1. The molecule has 0 aromatic heterocycles. The molecule has 0 spiro atoms. The van der Waals surface area contributed by atoms with E-state index in [1.54, 1.807) is 0 Å². The van der Waals surface area contributed by atoms with Crippen molar-refractivity contribution in [3.63, 3.8) is 0 Å². The molecule has 1 unspecified atom stereocenters. The van der Waals surface area contributed by atoms with Gasteiger partial charge in [-0.05, 0) is 90.0 Å². The predicted octanol–water partition coefficient (Wildman–Crippen LogP) is 9.75. The summed E-state index contributed by atoms with van der Waals surface area (Å²) >= 11 is 0. The van der Waals surface area contributed by atoms with Crippen molar-refractivity contribution in [2.75, 3.05) is 0 Å². The maximum atomic E-state index is 12.1. The van der Waals surface area contributed by atoms with Crippen LogP contribution in [0.2, 0.25) is 0 Å². The number of carbonyl (C=O) groups excluding carboxylic acids is 3. The summed E-state index contributed by atoms with van der Waals surface area (Å²) in [4.78, 5) is 46.1. The third-order valence-corrected chi connectivity index (χ3v) is 8.02. The van der Waals surface area contributed by atoms with E-state index in [2.05, 4.69) is 60.8 Å². The molecular formula is C41H68N2O6. The Morgan fingerprint density at radius 2 is 1.10 bits per heavy atom. The van der Waals surface area contributed by atoms with Gasteiger partial charge in [-0.1, -0.05) is 113 Å². The molecule has 49 heavy (non-hydrogen) atoms. The Kier molecular flexibility index (Phi) is 32.0. The van der Waals surface area contributed by atoms with Crippen molar-refractivity contribution in [1.29, 1.82) is 0 Å². The first-order valence-electron chi connectivity index (χ1n) is 19.0. The molecule has 0 aliphatic rings. The fourth-order valence-corrected chi connectivity index (χ4v) is 5.11. The Hall–Kier alpha value is -3.42. The molecule has 0 radical (unpaired) electrons. The van der Waals surface area contributed by atoms with E-state index in [0.717, 1.165) is 70.6 Å². The monoisotopic (exact) mass is 685 g/mol. The summed E-state index contributed by atoms with van der Waals surface area (Å²) < 4.78 is 5.50. The zero-order valence-electron chi connectivity index (χ0n) is 30.8. The molecule has 0 saturated heterocycles. The van der Waals surface area contributed by atoms with Gasteiger partial charge >= 0.3 is 11.9 Å². The van der Waals surface area contributed by atoms with Gasteiger partial charge in [0.1, 0.15) is 12.1 Å². The number of nitrogens with one attached hydrogen (secondary N) is 1. The zero-order chi connectivity index (χ0) is 36.2. The Morgan fingerprint density at radius 3 is 1.63 bits per heavy atom. The van der Waals surface area contributed by atoms with Gasteiger partial charge in [-0.15, -0.1) is 0 Å². The standard InChI is InChI=1S/C41H68N2O6/c1-3-4-5-6-7-8-9-10-11-15-18-21-24-27-30-33-40(46)49-36(2)31-28-25-22-19-16-13-12-14-17-20-23-26-29-32-39(45)43-37(41(47)48)34-35-38(42)44/h7-8,10-13,19,22,28,31,36-37H,3-6,9,14-18,20-21,23-27,29-30,32-35H2,1-2H3,(H2,42,44)(H,43,45)(H,47,48)/t36?,37-/m0/s1. The topological polar surface area (TPSA) is 136 Å². The average Bonchev–Trinajstić information content (AvgIpc) is 3.06. The summed E-state index contributed by atoms with van der Waals surface area (Å²) in [6.07, 6.45) is 42.6. The second-order valence-corrected chi connectivity index (χ2v) is 12.8. The van der Waals surface area contributed by atoms with E-state index in [-0.39, 0.29) is 37.2 Å². The molecule has 0 rings (SSSR count). The zero-order valence-corrected chi connectivity index (χ0v) is 30.8. The van der Waals surface area contributed by atoms with E-state index in [4.69, 9.17) is 15.6 Å². The summed E-state index contributed by atoms with van der Waals surface area (Å²) in [6.45, 7) is 4.14. The normalized spacial score (nSPS) is 13.3. The van der Waals surface area contributed by atoms with Crippen molar-refractivity contribution in [3.05, 3.63) is 60.8 Å². The molecule has 0 aromatic carbocycles. The van der Waals surface area contributed by atoms with Gasteiger partial charge < -0.3 is 20.9 Å². The predicted molar refractivity (Wildman–Crippen MR) is 202 cm³/mol. The quantitative estimate of drug-likeness (QED) is 0.0358. The van der Waals surface area contributed by atoms with Crippen LogP contribution in [-0.4, -0.2) is 41.0 Å². The number of carboxylic acids is 1. The van der Waals surface area contributed by atoms with Crippen molar-refractivity contribution in [3.8, 4) is 0 Å². The number of hydrogen-bond acceptors (Lipinski definition) is 5. The maximum Gasteiger partial charge on any atom is 0.326 e. The van der Waals surface area contributed by atoms with Crippen molar-refractivity contribution in [1.82, 2.24) is 5.32 Å². The van der Waals surface area contributed by atoms with Crippen LogP contribution in [0.1, 0.15) is 162 Å². The number of primary amides is 1. The Balaban J connectivity index is 3.68. The number of allylic oxidation sites excluding steroid dienone is 9. The highest BCUT2D eigenvalue weighted by atomic mass is 16.5. The lowest BCUT2D eigenvalue weighted by Crippen LogP contribution is -2.41. The largest absolute Gasteiger partial charge is 0.480 e. The van der Waals surface area contributed by atoms with Crippen LogP contribution < -0.4 is 11.1 Å². The lowest BCUT2D eigenvalue weighted by molar-refractivity contribution is -0.146. The first-order valence-corrected chi connectivity index (χ1v) is 19.0. The Morgan fingerprint density at radius 1 is 0.633 bits per heavy atom. The summed E-state index contributed by atoms with van der Waals surface area (Å²) in [7, 11) is 0. The summed E-state index contributed by atoms with van der Waals surface area (Å²) in [5.41, 5.74) is 5.05. The van der Waals surface area contributed by atoms with Crippen LogP contribution in [0, 0.1) is 0 Å². The van der Waals surface area contributed by atoms with Crippen molar-refractivity contribution < 1.29 is 29.0 Å². The van der Waals surface area contributed by atoms with Crippen molar-refractivity contribution in [2.45, 2.75) is 174 Å². The van der Waals surface area contributed by atoms with Gasteiger partial charge in [-0.2, -0.15) is 0 Å². The minimum Gasteiger partial charge on any atom is -0.480 e. The number of carboxylic acid groups (broad SMARTS) is 1. The number of unbranched alkanes of at least 4 members (excludes halogenated alkanes) is 13. The number of aliphatic carboxylic acids is 1. The molecule has 278 valence electrons. The number of rotatable bonds is 33. The van der Waals surface area contributed by atoms with Gasteiger partial charge in [0.05, 0.1) is 0 Å². The summed E-state index contributed by atoms with van der Waals surface area (Å²) in [5, 5.41) is 11.6. The molecule has 8 heteroatoms. The van der Waals surface area contributed by atoms with Gasteiger partial charge in [0.2, 0.25) is 11.8 Å². The van der Waals surface area contributed by atoms with Crippen LogP contribution in [-0.2, 0) is 23.9 Å². The molecule has 4 N–H and O–H groups in total. The second-order valence-electron chi connectivity index (χ2n) is 12.8. The lowest BCUT2D eigenvalue weighted by Gasteiger charge is -2.13. The van der Waals surface area contributed by atoms with E-state index in [1.165, 1.54) is 44.9 Å². The number of carbonyl (C=O) groups is 4. The number of amides is 2. The smallest absolute Gasteiger partial charge is 0.326 e. The van der Waals surface area contributed by atoms with Gasteiger partial charge in [0.15, 0.2) is 0 Å². The summed E-state index contributed by atoms with van der Waals surface area (Å²) in [6, 6.07) is -1.07. The van der Waals surface area contributed by atoms with Crippen LogP contribution in [0.4, 0.5) is 0 Å². The average molecular weight is 685 g/mol. The Bertz CT molecular complexity index is 1010.